The molecule has 0 bridgehead atoms. The Bertz CT molecular complexity index is 429. The van der Waals surface area contributed by atoms with Gasteiger partial charge in [-0.25, -0.2) is 13.6 Å². The number of nitrogens with one attached hydrogen (secondary N) is 1. The fourth-order valence-corrected chi connectivity index (χ4v) is 2.12. The summed E-state index contributed by atoms with van der Waals surface area (Å²) >= 11 is 0. The van der Waals surface area contributed by atoms with Crippen LogP contribution in [0.4, 0.5) is 13.6 Å². The third-order valence-corrected chi connectivity index (χ3v) is 3.06. The maximum atomic E-state index is 12.8. The van der Waals surface area contributed by atoms with Crippen molar-refractivity contribution in [3.05, 3.63) is 11.6 Å². The Kier molecular flexibility index (Phi) is 5.69. The van der Waals surface area contributed by atoms with Crippen LogP contribution in [0.2, 0.25) is 0 Å². The fraction of sp³-hybridized carbons (Fsp3) is 0.714. The topological polar surface area (TPSA) is 64.6 Å². The van der Waals surface area contributed by atoms with Crippen LogP contribution in [0.1, 0.15) is 33.6 Å². The molecular formula is C14H21F2NO4. The summed E-state index contributed by atoms with van der Waals surface area (Å²) in [5.41, 5.74) is -0.794. The number of allylic oxidation sites excluding steroid dienone is 1. The largest absolute Gasteiger partial charge is 0.469 e. The number of alkyl carbamates (subject to hydrolysis) is 1. The van der Waals surface area contributed by atoms with Gasteiger partial charge < -0.3 is 14.8 Å². The number of carbonyl (C=O) groups excluding carboxylic acids is 2. The summed E-state index contributed by atoms with van der Waals surface area (Å²) in [6.07, 6.45) is -2.01. The Labute approximate surface area is 122 Å². The number of amides is 1. The van der Waals surface area contributed by atoms with Gasteiger partial charge in [-0.05, 0) is 39.2 Å². The van der Waals surface area contributed by atoms with E-state index in [0.29, 0.717) is 0 Å². The van der Waals surface area contributed by atoms with Crippen molar-refractivity contribution in [3.63, 3.8) is 0 Å². The molecular weight excluding hydrogens is 284 g/mol. The van der Waals surface area contributed by atoms with Crippen molar-refractivity contribution in [3.8, 4) is 0 Å². The molecule has 0 saturated carbocycles. The highest BCUT2D eigenvalue weighted by molar-refractivity contribution is 5.76. The standard InChI is InChI=1S/C14H21F2NO4/c1-14(2,3)21-13(19)17-10-7-8(11(15)16)5-6-9(10)12(18)20-4/h5,9-11H,6-7H2,1-4H3,(H,17,19). The van der Waals surface area contributed by atoms with Gasteiger partial charge in [-0.2, -0.15) is 0 Å². The number of ether oxygens (including phenoxy) is 2. The molecule has 0 aliphatic heterocycles. The van der Waals surface area contributed by atoms with Crippen LogP contribution in [0.15, 0.2) is 11.6 Å². The molecule has 7 heteroatoms. The molecule has 1 N–H and O–H groups in total. The van der Waals surface area contributed by atoms with Gasteiger partial charge in [0.2, 0.25) is 0 Å². The van der Waals surface area contributed by atoms with Crippen LogP contribution in [0, 0.1) is 5.92 Å². The molecule has 0 spiro atoms. The van der Waals surface area contributed by atoms with Crippen molar-refractivity contribution < 1.29 is 27.8 Å². The summed E-state index contributed by atoms with van der Waals surface area (Å²) in [7, 11) is 1.22. The summed E-state index contributed by atoms with van der Waals surface area (Å²) < 4.78 is 35.3. The first-order valence-electron chi connectivity index (χ1n) is 6.68. The third-order valence-electron chi connectivity index (χ3n) is 3.06. The Morgan fingerprint density at radius 2 is 2.00 bits per heavy atom. The number of halogens is 2. The zero-order valence-corrected chi connectivity index (χ0v) is 12.6. The Morgan fingerprint density at radius 1 is 1.38 bits per heavy atom. The Balaban J connectivity index is 2.80. The fourth-order valence-electron chi connectivity index (χ4n) is 2.12. The third kappa shape index (κ3) is 5.32. The van der Waals surface area contributed by atoms with Crippen LogP contribution in [-0.4, -0.2) is 37.2 Å². The van der Waals surface area contributed by atoms with Crippen LogP contribution in [0.5, 0.6) is 0 Å². The molecule has 1 rings (SSSR count). The molecule has 0 aromatic rings. The molecule has 0 saturated heterocycles. The van der Waals surface area contributed by atoms with E-state index in [1.807, 2.05) is 0 Å². The second kappa shape index (κ2) is 6.87. The van der Waals surface area contributed by atoms with Gasteiger partial charge in [0.05, 0.1) is 13.0 Å². The van der Waals surface area contributed by atoms with Crippen LogP contribution < -0.4 is 5.32 Å². The molecule has 2 unspecified atom stereocenters. The van der Waals surface area contributed by atoms with Gasteiger partial charge in [0.15, 0.2) is 0 Å². The van der Waals surface area contributed by atoms with E-state index in [2.05, 4.69) is 10.1 Å². The second-order valence-electron chi connectivity index (χ2n) is 5.90. The number of alkyl halides is 2. The summed E-state index contributed by atoms with van der Waals surface area (Å²) in [4.78, 5) is 23.5. The minimum absolute atomic E-state index is 0.0868. The monoisotopic (exact) mass is 305 g/mol. The zero-order valence-electron chi connectivity index (χ0n) is 12.6. The Morgan fingerprint density at radius 3 is 2.48 bits per heavy atom. The van der Waals surface area contributed by atoms with Crippen molar-refractivity contribution in [2.24, 2.45) is 5.92 Å². The molecule has 0 radical (unpaired) electrons. The van der Waals surface area contributed by atoms with E-state index in [4.69, 9.17) is 4.74 Å². The van der Waals surface area contributed by atoms with E-state index >= 15 is 0 Å². The van der Waals surface area contributed by atoms with Gasteiger partial charge in [0, 0.05) is 6.04 Å². The van der Waals surface area contributed by atoms with Gasteiger partial charge in [-0.15, -0.1) is 0 Å². The highest BCUT2D eigenvalue weighted by Crippen LogP contribution is 2.29. The molecule has 1 aliphatic carbocycles. The summed E-state index contributed by atoms with van der Waals surface area (Å²) in [6.45, 7) is 5.07. The van der Waals surface area contributed by atoms with E-state index < -0.39 is 36.0 Å². The average Bonchev–Trinajstić information content (AvgIpc) is 2.35. The maximum Gasteiger partial charge on any atom is 0.407 e. The lowest BCUT2D eigenvalue weighted by Gasteiger charge is -2.31. The predicted octanol–water partition coefficient (Wildman–Crippen LogP) is 2.65. The predicted molar refractivity (Wildman–Crippen MR) is 72.0 cm³/mol. The lowest BCUT2D eigenvalue weighted by molar-refractivity contribution is -0.146. The number of esters is 1. The first-order chi connectivity index (χ1) is 9.64. The zero-order chi connectivity index (χ0) is 16.2. The Hall–Kier alpha value is -1.66. The molecule has 0 aromatic carbocycles. The lowest BCUT2D eigenvalue weighted by Crippen LogP contribution is -2.47. The van der Waals surface area contributed by atoms with Gasteiger partial charge in [0.25, 0.3) is 6.43 Å². The van der Waals surface area contributed by atoms with Crippen molar-refractivity contribution in [2.45, 2.75) is 51.7 Å². The first kappa shape index (κ1) is 17.4. The minimum atomic E-state index is -2.61. The molecule has 2 atom stereocenters. The van der Waals surface area contributed by atoms with Crippen LogP contribution in [-0.2, 0) is 14.3 Å². The van der Waals surface area contributed by atoms with E-state index in [0.717, 1.165) is 0 Å². The number of rotatable bonds is 3. The molecule has 5 nitrogen and oxygen atoms in total. The van der Waals surface area contributed by atoms with Crippen molar-refractivity contribution in [2.75, 3.05) is 7.11 Å². The molecule has 1 amide bonds. The quantitative estimate of drug-likeness (QED) is 0.643. The van der Waals surface area contributed by atoms with Gasteiger partial charge >= 0.3 is 12.1 Å². The van der Waals surface area contributed by atoms with Crippen LogP contribution in [0.3, 0.4) is 0 Å². The summed E-state index contributed by atoms with van der Waals surface area (Å²) in [5.74, 6) is -1.23. The minimum Gasteiger partial charge on any atom is -0.469 e. The number of carbonyl (C=O) groups is 2. The number of hydrogen-bond donors (Lipinski definition) is 1. The van der Waals surface area contributed by atoms with E-state index in [1.54, 1.807) is 20.8 Å². The first-order valence-corrected chi connectivity index (χ1v) is 6.68. The molecule has 21 heavy (non-hydrogen) atoms. The maximum absolute atomic E-state index is 12.8. The highest BCUT2D eigenvalue weighted by Gasteiger charge is 2.36. The second-order valence-corrected chi connectivity index (χ2v) is 5.90. The molecule has 0 heterocycles. The lowest BCUT2D eigenvalue weighted by atomic mass is 9.85. The van der Waals surface area contributed by atoms with Crippen molar-refractivity contribution >= 4 is 12.1 Å². The van der Waals surface area contributed by atoms with Crippen LogP contribution >= 0.6 is 0 Å². The normalized spacial score (nSPS) is 22.5. The summed E-state index contributed by atoms with van der Waals surface area (Å²) in [6, 6.07) is -0.763. The summed E-state index contributed by atoms with van der Waals surface area (Å²) in [5, 5.41) is 2.49. The highest BCUT2D eigenvalue weighted by atomic mass is 19.3. The van der Waals surface area contributed by atoms with Gasteiger partial charge in [-0.3, -0.25) is 4.79 Å². The van der Waals surface area contributed by atoms with Gasteiger partial charge in [0.1, 0.15) is 5.60 Å². The average molecular weight is 305 g/mol. The van der Waals surface area contributed by atoms with Crippen molar-refractivity contribution in [1.82, 2.24) is 5.32 Å². The molecule has 0 fully saturated rings. The van der Waals surface area contributed by atoms with E-state index in [1.165, 1.54) is 13.2 Å². The molecule has 0 aromatic heterocycles. The smallest absolute Gasteiger partial charge is 0.407 e. The molecule has 120 valence electrons. The van der Waals surface area contributed by atoms with Crippen LogP contribution in [0.25, 0.3) is 0 Å². The SMILES string of the molecule is COC(=O)C1CC=C(C(F)F)CC1NC(=O)OC(C)(C)C. The van der Waals surface area contributed by atoms with Gasteiger partial charge in [-0.1, -0.05) is 6.08 Å². The number of methoxy groups -OCH3 is 1. The molecule has 1 aliphatic rings. The van der Waals surface area contributed by atoms with E-state index in [-0.39, 0.29) is 18.4 Å². The van der Waals surface area contributed by atoms with E-state index in [9.17, 15) is 18.4 Å². The number of hydrogen-bond acceptors (Lipinski definition) is 4. The van der Waals surface area contributed by atoms with Crippen molar-refractivity contribution in [1.29, 1.82) is 0 Å².